The monoisotopic (exact) mass is 303 g/mol. The summed E-state index contributed by atoms with van der Waals surface area (Å²) in [6.45, 7) is 0. The van der Waals surface area contributed by atoms with Crippen LogP contribution in [0.5, 0.6) is 0 Å². The Hall–Kier alpha value is -2.33. The number of rotatable bonds is 3. The summed E-state index contributed by atoms with van der Waals surface area (Å²) in [5.74, 6) is -7.27. The van der Waals surface area contributed by atoms with E-state index >= 15 is 0 Å². The van der Waals surface area contributed by atoms with Crippen molar-refractivity contribution in [1.29, 1.82) is 0 Å². The third kappa shape index (κ3) is 2.65. The van der Waals surface area contributed by atoms with Crippen LogP contribution < -0.4 is 0 Å². The van der Waals surface area contributed by atoms with E-state index in [1.165, 1.54) is 0 Å². The summed E-state index contributed by atoms with van der Waals surface area (Å²) in [7, 11) is 0. The lowest BCUT2D eigenvalue weighted by atomic mass is 10.1. The minimum Gasteiger partial charge on any atom is -0.478 e. The maximum Gasteiger partial charge on any atom is 0.434 e. The van der Waals surface area contributed by atoms with Gasteiger partial charge in [-0.05, 0) is 0 Å². The van der Waals surface area contributed by atoms with Gasteiger partial charge in [-0.3, -0.25) is 0 Å². The molecule has 0 amide bonds. The molecule has 110 valence electrons. The van der Waals surface area contributed by atoms with Crippen molar-refractivity contribution in [1.82, 2.24) is 4.98 Å². The van der Waals surface area contributed by atoms with Crippen molar-refractivity contribution in [3.63, 3.8) is 0 Å². The van der Waals surface area contributed by atoms with E-state index in [-0.39, 0.29) is 0 Å². The molecule has 1 aromatic heterocycles. The van der Waals surface area contributed by atoms with Crippen LogP contribution in [0, 0.1) is 5.82 Å². The Labute approximate surface area is 105 Å². The average molecular weight is 303 g/mol. The number of hydrogen-bond donors (Lipinski definition) is 2. The molecule has 11 heteroatoms. The molecule has 0 aromatic carbocycles. The van der Waals surface area contributed by atoms with E-state index < -0.39 is 52.9 Å². The van der Waals surface area contributed by atoms with Gasteiger partial charge in [-0.15, -0.1) is 0 Å². The van der Waals surface area contributed by atoms with E-state index in [0.29, 0.717) is 0 Å². The van der Waals surface area contributed by atoms with Gasteiger partial charge in [0.05, 0.1) is 0 Å². The van der Waals surface area contributed by atoms with E-state index in [1.54, 1.807) is 0 Å². The summed E-state index contributed by atoms with van der Waals surface area (Å²) in [5.41, 5.74) is -8.46. The number of alkyl halides is 5. The average Bonchev–Trinajstić information content (AvgIpc) is 2.24. The highest BCUT2D eigenvalue weighted by Crippen LogP contribution is 2.35. The maximum atomic E-state index is 13.6. The van der Waals surface area contributed by atoms with Crippen molar-refractivity contribution in [2.75, 3.05) is 0 Å². The van der Waals surface area contributed by atoms with Gasteiger partial charge in [-0.1, -0.05) is 0 Å². The molecular formula is C9H3F6NO4. The highest BCUT2D eigenvalue weighted by Gasteiger charge is 2.43. The normalized spacial score (nSPS) is 11.8. The van der Waals surface area contributed by atoms with E-state index in [4.69, 9.17) is 10.2 Å². The topological polar surface area (TPSA) is 87.5 Å². The lowest BCUT2D eigenvalue weighted by Crippen LogP contribution is -2.22. The molecule has 1 aromatic rings. The molecule has 0 unspecified atom stereocenters. The number of pyridine rings is 1. The number of aromatic nitrogens is 1. The molecule has 0 spiro atoms. The van der Waals surface area contributed by atoms with Gasteiger partial charge in [-0.2, -0.15) is 13.2 Å². The Kier molecular flexibility index (Phi) is 3.92. The van der Waals surface area contributed by atoms with Gasteiger partial charge in [0, 0.05) is 0 Å². The molecule has 0 aliphatic carbocycles. The highest BCUT2D eigenvalue weighted by molar-refractivity contribution is 5.95. The number of carbonyl (C=O) groups is 2. The zero-order chi connectivity index (χ0) is 15.8. The first-order valence-electron chi connectivity index (χ1n) is 4.53. The largest absolute Gasteiger partial charge is 0.478 e. The second kappa shape index (κ2) is 4.98. The summed E-state index contributed by atoms with van der Waals surface area (Å²) in [6.07, 6.45) is -9.38. The van der Waals surface area contributed by atoms with Gasteiger partial charge < -0.3 is 10.2 Å². The van der Waals surface area contributed by atoms with Crippen LogP contribution in [-0.4, -0.2) is 27.1 Å². The first kappa shape index (κ1) is 15.7. The van der Waals surface area contributed by atoms with Crippen LogP contribution in [0.2, 0.25) is 0 Å². The van der Waals surface area contributed by atoms with Gasteiger partial charge in [0.25, 0.3) is 6.43 Å². The lowest BCUT2D eigenvalue weighted by Gasteiger charge is -2.14. The van der Waals surface area contributed by atoms with Crippen molar-refractivity contribution in [3.8, 4) is 0 Å². The molecule has 0 aliphatic rings. The number of hydrogen-bond acceptors (Lipinski definition) is 3. The second-order valence-electron chi connectivity index (χ2n) is 3.32. The molecule has 0 saturated heterocycles. The van der Waals surface area contributed by atoms with E-state index in [2.05, 4.69) is 4.98 Å². The van der Waals surface area contributed by atoms with E-state index in [1.807, 2.05) is 0 Å². The molecule has 1 heterocycles. The maximum absolute atomic E-state index is 13.6. The van der Waals surface area contributed by atoms with Gasteiger partial charge in [-0.25, -0.2) is 27.7 Å². The van der Waals surface area contributed by atoms with Crippen LogP contribution in [0.15, 0.2) is 0 Å². The summed E-state index contributed by atoms with van der Waals surface area (Å²) in [4.78, 5) is 23.5. The van der Waals surface area contributed by atoms with Crippen LogP contribution in [-0.2, 0) is 6.18 Å². The fourth-order valence-electron chi connectivity index (χ4n) is 1.34. The molecule has 0 saturated carbocycles. The van der Waals surface area contributed by atoms with Crippen molar-refractivity contribution in [3.05, 3.63) is 28.3 Å². The Morgan fingerprint density at radius 2 is 1.50 bits per heavy atom. The SMILES string of the molecule is O=C(O)c1c(C(F)F)nc(C(F)(F)F)c(C(=O)O)c1F. The highest BCUT2D eigenvalue weighted by atomic mass is 19.4. The van der Waals surface area contributed by atoms with Gasteiger partial charge >= 0.3 is 18.1 Å². The minimum absolute atomic E-state index is 1.91. The number of carboxylic acids is 2. The molecule has 0 aliphatic heterocycles. The summed E-state index contributed by atoms with van der Waals surface area (Å²) < 4.78 is 75.9. The molecule has 0 bridgehead atoms. The van der Waals surface area contributed by atoms with E-state index in [9.17, 15) is 35.9 Å². The first-order chi connectivity index (χ1) is 8.98. The Balaban J connectivity index is 3.90. The predicted octanol–water partition coefficient (Wildman–Crippen LogP) is 2.57. The molecule has 0 radical (unpaired) electrons. The zero-order valence-corrected chi connectivity index (χ0v) is 9.00. The number of carboxylic acid groups (broad SMARTS) is 2. The molecule has 2 N–H and O–H groups in total. The van der Waals surface area contributed by atoms with Crippen LogP contribution >= 0.6 is 0 Å². The standard InChI is InChI=1S/C9H3F6NO4/c10-3-1(7(17)18)4(6(11)12)16-5(9(13,14)15)2(3)8(19)20/h6H,(H,17,18)(H,19,20). The first-order valence-corrected chi connectivity index (χ1v) is 4.53. The summed E-state index contributed by atoms with van der Waals surface area (Å²) in [5, 5.41) is 17.0. The molecule has 0 fully saturated rings. The zero-order valence-electron chi connectivity index (χ0n) is 9.00. The molecule has 1 rings (SSSR count). The van der Waals surface area contributed by atoms with Gasteiger partial charge in [0.1, 0.15) is 16.8 Å². The van der Waals surface area contributed by atoms with Crippen molar-refractivity contribution >= 4 is 11.9 Å². The molecule has 5 nitrogen and oxygen atoms in total. The van der Waals surface area contributed by atoms with Gasteiger partial charge in [0.15, 0.2) is 11.5 Å². The summed E-state index contributed by atoms with van der Waals surface area (Å²) in [6, 6.07) is 0. The van der Waals surface area contributed by atoms with Crippen LogP contribution in [0.1, 0.15) is 38.5 Å². The van der Waals surface area contributed by atoms with Crippen molar-refractivity contribution < 1.29 is 46.1 Å². The predicted molar refractivity (Wildman–Crippen MR) is 48.1 cm³/mol. The van der Waals surface area contributed by atoms with Crippen LogP contribution in [0.25, 0.3) is 0 Å². The van der Waals surface area contributed by atoms with Crippen LogP contribution in [0.4, 0.5) is 26.3 Å². The number of aromatic carboxylic acids is 2. The Morgan fingerprint density at radius 1 is 1.05 bits per heavy atom. The van der Waals surface area contributed by atoms with E-state index in [0.717, 1.165) is 0 Å². The smallest absolute Gasteiger partial charge is 0.434 e. The summed E-state index contributed by atoms with van der Waals surface area (Å²) >= 11 is 0. The molecule has 20 heavy (non-hydrogen) atoms. The van der Waals surface area contributed by atoms with Crippen molar-refractivity contribution in [2.24, 2.45) is 0 Å². The fourth-order valence-corrected chi connectivity index (χ4v) is 1.34. The third-order valence-electron chi connectivity index (χ3n) is 2.07. The minimum atomic E-state index is -5.55. The molecule has 0 atom stereocenters. The number of nitrogens with zero attached hydrogens (tertiary/aromatic N) is 1. The second-order valence-corrected chi connectivity index (χ2v) is 3.32. The van der Waals surface area contributed by atoms with Crippen LogP contribution in [0.3, 0.4) is 0 Å². The van der Waals surface area contributed by atoms with Gasteiger partial charge in [0.2, 0.25) is 0 Å². The molecular weight excluding hydrogens is 300 g/mol. The quantitative estimate of drug-likeness (QED) is 0.838. The fraction of sp³-hybridized carbons (Fsp3) is 0.222. The Morgan fingerprint density at radius 3 is 1.80 bits per heavy atom. The number of halogens is 6. The van der Waals surface area contributed by atoms with Crippen molar-refractivity contribution in [2.45, 2.75) is 12.6 Å². The lowest BCUT2D eigenvalue weighted by molar-refractivity contribution is -0.142. The Bertz CT molecular complexity index is 583. The third-order valence-corrected chi connectivity index (χ3v) is 2.07.